The van der Waals surface area contributed by atoms with Gasteiger partial charge in [-0.15, -0.1) is 0 Å². The van der Waals surface area contributed by atoms with Crippen LogP contribution in [0.15, 0.2) is 52.1 Å². The topological polar surface area (TPSA) is 91.6 Å². The third kappa shape index (κ3) is 3.41. The number of hydrogen-bond donors (Lipinski definition) is 1. The van der Waals surface area contributed by atoms with E-state index in [4.69, 9.17) is 9.47 Å². The molecule has 0 atom stereocenters. The normalized spacial score (nSPS) is 10.6. The summed E-state index contributed by atoms with van der Waals surface area (Å²) in [5, 5.41) is 3.09. The summed E-state index contributed by atoms with van der Waals surface area (Å²) in [4.78, 5) is 37.3. The van der Waals surface area contributed by atoms with Crippen molar-refractivity contribution in [3.63, 3.8) is 0 Å². The van der Waals surface area contributed by atoms with Crippen molar-refractivity contribution in [2.24, 2.45) is 7.05 Å². The van der Waals surface area contributed by atoms with Crippen molar-refractivity contribution in [1.29, 1.82) is 0 Å². The molecule has 0 unspecified atom stereocenters. The Morgan fingerprint density at radius 2 is 1.81 bits per heavy atom. The van der Waals surface area contributed by atoms with Crippen LogP contribution < -0.4 is 26.0 Å². The molecule has 0 saturated carbocycles. The summed E-state index contributed by atoms with van der Waals surface area (Å²) in [6.07, 6.45) is 0. The molecule has 0 aliphatic rings. The van der Waals surface area contributed by atoms with Gasteiger partial charge in [-0.05, 0) is 24.3 Å². The lowest BCUT2D eigenvalue weighted by Crippen LogP contribution is -2.40. The predicted octanol–water partition coefficient (Wildman–Crippen LogP) is 1.36. The van der Waals surface area contributed by atoms with Gasteiger partial charge >= 0.3 is 5.69 Å². The van der Waals surface area contributed by atoms with Crippen molar-refractivity contribution in [2.75, 3.05) is 19.5 Å². The number of anilines is 1. The number of carbonyl (C=O) groups is 1. The van der Waals surface area contributed by atoms with Crippen LogP contribution in [0.5, 0.6) is 11.5 Å². The highest BCUT2D eigenvalue weighted by Crippen LogP contribution is 2.29. The molecule has 0 aliphatic heterocycles. The highest BCUT2D eigenvalue weighted by Gasteiger charge is 2.15. The van der Waals surface area contributed by atoms with E-state index >= 15 is 0 Å². The molecule has 1 aromatic heterocycles. The minimum atomic E-state index is -0.560. The van der Waals surface area contributed by atoms with Crippen LogP contribution in [-0.4, -0.2) is 29.3 Å². The van der Waals surface area contributed by atoms with Gasteiger partial charge in [0.1, 0.15) is 18.0 Å². The molecule has 0 spiro atoms. The third-order valence-electron chi connectivity index (χ3n) is 4.23. The van der Waals surface area contributed by atoms with Gasteiger partial charge in [-0.3, -0.25) is 18.7 Å². The van der Waals surface area contributed by atoms with Gasteiger partial charge in [0.2, 0.25) is 5.91 Å². The fraction of sp³-hybridized carbons (Fsp3) is 0.211. The molecule has 0 bridgehead atoms. The van der Waals surface area contributed by atoms with E-state index in [1.807, 2.05) is 0 Å². The van der Waals surface area contributed by atoms with Gasteiger partial charge in [0.15, 0.2) is 0 Å². The van der Waals surface area contributed by atoms with Crippen LogP contribution in [0.1, 0.15) is 0 Å². The molecule has 8 heteroatoms. The van der Waals surface area contributed by atoms with Crippen molar-refractivity contribution in [3.05, 3.63) is 63.3 Å². The zero-order valence-electron chi connectivity index (χ0n) is 15.2. The number of hydrogen-bond acceptors (Lipinski definition) is 5. The molecule has 3 rings (SSSR count). The summed E-state index contributed by atoms with van der Waals surface area (Å²) in [5.41, 5.74) is -0.104. The fourth-order valence-corrected chi connectivity index (χ4v) is 2.83. The summed E-state index contributed by atoms with van der Waals surface area (Å²) < 4.78 is 12.6. The summed E-state index contributed by atoms with van der Waals surface area (Å²) in [7, 11) is 4.40. The minimum absolute atomic E-state index is 0.247. The van der Waals surface area contributed by atoms with Gasteiger partial charge in [0.25, 0.3) is 5.56 Å². The second-order valence-corrected chi connectivity index (χ2v) is 5.86. The van der Waals surface area contributed by atoms with Crippen LogP contribution in [-0.2, 0) is 18.4 Å². The van der Waals surface area contributed by atoms with Gasteiger partial charge in [-0.2, -0.15) is 0 Å². The molecule has 1 heterocycles. The predicted molar refractivity (Wildman–Crippen MR) is 102 cm³/mol. The maximum absolute atomic E-state index is 12.6. The van der Waals surface area contributed by atoms with Crippen LogP contribution in [0.25, 0.3) is 10.9 Å². The maximum atomic E-state index is 12.6. The molecular weight excluding hydrogens is 350 g/mol. The summed E-state index contributed by atoms with van der Waals surface area (Å²) in [6, 6.07) is 11.7. The van der Waals surface area contributed by atoms with Gasteiger partial charge in [-0.25, -0.2) is 4.79 Å². The van der Waals surface area contributed by atoms with Gasteiger partial charge < -0.3 is 14.8 Å². The number of fused-ring (bicyclic) bond motifs is 1. The van der Waals surface area contributed by atoms with Crippen LogP contribution in [0.4, 0.5) is 5.69 Å². The Kier molecular flexibility index (Phi) is 4.98. The standard InChI is InChI=1S/C19H19N3O5/c1-21-18(24)13-6-4-5-7-15(13)22(19(21)25)11-17(23)20-14-9-8-12(26-2)10-16(14)27-3/h4-10H,11H2,1-3H3,(H,20,23). The van der Waals surface area contributed by atoms with Crippen LogP contribution in [0.3, 0.4) is 0 Å². The number of nitrogens with one attached hydrogen (secondary N) is 1. The maximum Gasteiger partial charge on any atom is 0.331 e. The highest BCUT2D eigenvalue weighted by molar-refractivity contribution is 5.93. The van der Waals surface area contributed by atoms with E-state index in [9.17, 15) is 14.4 Å². The summed E-state index contributed by atoms with van der Waals surface area (Å²) in [6.45, 7) is -0.247. The molecule has 140 valence electrons. The Labute approximate surface area is 154 Å². The number of methoxy groups -OCH3 is 2. The third-order valence-corrected chi connectivity index (χ3v) is 4.23. The lowest BCUT2D eigenvalue weighted by Gasteiger charge is -2.14. The lowest BCUT2D eigenvalue weighted by molar-refractivity contribution is -0.116. The molecule has 0 fully saturated rings. The van der Waals surface area contributed by atoms with Crippen molar-refractivity contribution >= 4 is 22.5 Å². The first-order valence-electron chi connectivity index (χ1n) is 8.16. The Balaban J connectivity index is 1.96. The largest absolute Gasteiger partial charge is 0.497 e. The Morgan fingerprint density at radius 3 is 2.52 bits per heavy atom. The van der Waals surface area contributed by atoms with E-state index < -0.39 is 17.2 Å². The zero-order chi connectivity index (χ0) is 19.6. The molecule has 0 radical (unpaired) electrons. The Hall–Kier alpha value is -3.55. The average Bonchev–Trinajstić information content (AvgIpc) is 2.69. The smallest absolute Gasteiger partial charge is 0.331 e. The number of ether oxygens (including phenoxy) is 2. The monoisotopic (exact) mass is 369 g/mol. The van der Waals surface area contributed by atoms with Gasteiger partial charge in [-0.1, -0.05) is 12.1 Å². The Bertz CT molecular complexity index is 1130. The van der Waals surface area contributed by atoms with Crippen molar-refractivity contribution in [2.45, 2.75) is 6.54 Å². The molecular formula is C19H19N3O5. The van der Waals surface area contributed by atoms with E-state index in [1.165, 1.54) is 25.8 Å². The minimum Gasteiger partial charge on any atom is -0.497 e. The number of benzene rings is 2. The van der Waals surface area contributed by atoms with E-state index in [1.54, 1.807) is 42.5 Å². The van der Waals surface area contributed by atoms with Crippen LogP contribution in [0, 0.1) is 0 Å². The van der Waals surface area contributed by atoms with Gasteiger partial charge in [0, 0.05) is 13.1 Å². The lowest BCUT2D eigenvalue weighted by atomic mass is 10.2. The summed E-state index contributed by atoms with van der Waals surface area (Å²) in [5.74, 6) is 0.592. The second kappa shape index (κ2) is 7.36. The molecule has 27 heavy (non-hydrogen) atoms. The first-order valence-corrected chi connectivity index (χ1v) is 8.16. The number of para-hydroxylation sites is 1. The summed E-state index contributed by atoms with van der Waals surface area (Å²) >= 11 is 0. The van der Waals surface area contributed by atoms with E-state index in [0.717, 1.165) is 4.57 Å². The molecule has 1 N–H and O–H groups in total. The molecule has 2 aromatic carbocycles. The molecule has 0 aliphatic carbocycles. The SMILES string of the molecule is COc1ccc(NC(=O)Cn2c(=O)n(C)c(=O)c3ccccc32)c(OC)c1. The zero-order valence-corrected chi connectivity index (χ0v) is 15.2. The highest BCUT2D eigenvalue weighted by atomic mass is 16.5. The van der Waals surface area contributed by atoms with E-state index in [0.29, 0.717) is 28.1 Å². The van der Waals surface area contributed by atoms with Crippen molar-refractivity contribution in [1.82, 2.24) is 9.13 Å². The number of amides is 1. The van der Waals surface area contributed by atoms with E-state index in [-0.39, 0.29) is 6.54 Å². The molecule has 3 aromatic rings. The van der Waals surface area contributed by atoms with Crippen molar-refractivity contribution in [3.8, 4) is 11.5 Å². The van der Waals surface area contributed by atoms with Crippen molar-refractivity contribution < 1.29 is 14.3 Å². The first-order chi connectivity index (χ1) is 13.0. The number of carbonyl (C=O) groups excluding carboxylic acids is 1. The molecule has 1 amide bonds. The fourth-order valence-electron chi connectivity index (χ4n) is 2.83. The number of rotatable bonds is 5. The van der Waals surface area contributed by atoms with Crippen LogP contribution >= 0.6 is 0 Å². The van der Waals surface area contributed by atoms with Crippen LogP contribution in [0.2, 0.25) is 0 Å². The number of nitrogens with zero attached hydrogens (tertiary/aromatic N) is 2. The number of aromatic nitrogens is 2. The molecule has 8 nitrogen and oxygen atoms in total. The average molecular weight is 369 g/mol. The van der Waals surface area contributed by atoms with Gasteiger partial charge in [0.05, 0.1) is 30.8 Å². The second-order valence-electron chi connectivity index (χ2n) is 5.86. The quantitative estimate of drug-likeness (QED) is 0.733. The molecule has 0 saturated heterocycles. The Morgan fingerprint density at radius 1 is 1.07 bits per heavy atom. The first kappa shape index (κ1) is 18.2. The van der Waals surface area contributed by atoms with E-state index in [2.05, 4.69) is 5.32 Å².